The summed E-state index contributed by atoms with van der Waals surface area (Å²) in [4.78, 5) is 12.7. The summed E-state index contributed by atoms with van der Waals surface area (Å²) in [5.74, 6) is -0.280. The third-order valence-corrected chi connectivity index (χ3v) is 4.45. The lowest BCUT2D eigenvalue weighted by atomic mass is 10.3. The van der Waals surface area contributed by atoms with E-state index in [1.54, 1.807) is 22.9 Å². The Morgan fingerprint density at radius 2 is 2.47 bits per heavy atom. The van der Waals surface area contributed by atoms with Gasteiger partial charge in [0, 0.05) is 11.3 Å². The molecule has 0 radical (unpaired) electrons. The first-order valence-corrected chi connectivity index (χ1v) is 7.49. The van der Waals surface area contributed by atoms with E-state index in [1.807, 2.05) is 11.4 Å². The number of esters is 1. The van der Waals surface area contributed by atoms with Crippen LogP contribution in [0.4, 0.5) is 0 Å². The van der Waals surface area contributed by atoms with Crippen LogP contribution in [0.1, 0.15) is 11.8 Å². The van der Waals surface area contributed by atoms with Crippen LogP contribution in [0.15, 0.2) is 22.7 Å². The number of nitrogens with zero attached hydrogens (tertiary/aromatic N) is 4. The molecule has 1 atom stereocenters. The van der Waals surface area contributed by atoms with Gasteiger partial charge in [0.1, 0.15) is 5.25 Å². The first-order chi connectivity index (χ1) is 9.20. The van der Waals surface area contributed by atoms with Crippen molar-refractivity contribution in [3.05, 3.63) is 22.4 Å². The fraction of sp³-hybridized carbons (Fsp3) is 0.455. The van der Waals surface area contributed by atoms with E-state index in [4.69, 9.17) is 0 Å². The average molecular weight is 298 g/mol. The van der Waals surface area contributed by atoms with E-state index in [9.17, 15) is 4.79 Å². The topological polar surface area (TPSA) is 69.9 Å². The van der Waals surface area contributed by atoms with E-state index in [-0.39, 0.29) is 11.2 Å². The summed E-state index contributed by atoms with van der Waals surface area (Å²) in [6.07, 6.45) is 0.878. The molecule has 0 fully saturated rings. The number of carbonyl (C=O) groups is 1. The smallest absolute Gasteiger partial charge is 0.318 e. The van der Waals surface area contributed by atoms with E-state index in [0.717, 1.165) is 6.42 Å². The van der Waals surface area contributed by atoms with Gasteiger partial charge < -0.3 is 4.74 Å². The molecule has 0 aliphatic carbocycles. The quantitative estimate of drug-likeness (QED) is 0.596. The number of tetrazole rings is 1. The van der Waals surface area contributed by atoms with Gasteiger partial charge >= 0.3 is 5.97 Å². The van der Waals surface area contributed by atoms with Crippen LogP contribution in [0.25, 0.3) is 0 Å². The Labute approximate surface area is 119 Å². The number of methoxy groups -OCH3 is 1. The average Bonchev–Trinajstić information content (AvgIpc) is 3.06. The van der Waals surface area contributed by atoms with E-state index in [2.05, 4.69) is 26.3 Å². The highest BCUT2D eigenvalue weighted by atomic mass is 32.2. The number of carbonyl (C=O) groups excluding carboxylic acids is 1. The van der Waals surface area contributed by atoms with Crippen molar-refractivity contribution in [1.29, 1.82) is 0 Å². The number of thiophene rings is 1. The van der Waals surface area contributed by atoms with Crippen molar-refractivity contribution < 1.29 is 9.53 Å². The first kappa shape index (κ1) is 14.0. The van der Waals surface area contributed by atoms with Crippen LogP contribution < -0.4 is 0 Å². The molecule has 2 rings (SSSR count). The Morgan fingerprint density at radius 3 is 3.16 bits per heavy atom. The number of ether oxygens (including phenoxy) is 1. The van der Waals surface area contributed by atoms with Gasteiger partial charge in [-0.2, -0.15) is 0 Å². The number of aryl methyl sites for hydroxylation is 2. The lowest BCUT2D eigenvalue weighted by molar-refractivity contribution is -0.139. The van der Waals surface area contributed by atoms with Gasteiger partial charge in [0.15, 0.2) is 0 Å². The minimum atomic E-state index is -0.323. The number of hydrogen-bond donors (Lipinski definition) is 0. The predicted molar refractivity (Wildman–Crippen MR) is 73.2 cm³/mol. The van der Waals surface area contributed by atoms with Crippen molar-refractivity contribution in [2.45, 2.75) is 30.3 Å². The second kappa shape index (κ2) is 6.67. The lowest BCUT2D eigenvalue weighted by Gasteiger charge is -2.08. The largest absolute Gasteiger partial charge is 0.468 e. The molecular formula is C11H14N4O2S2. The zero-order chi connectivity index (χ0) is 13.7. The van der Waals surface area contributed by atoms with Gasteiger partial charge in [0.05, 0.1) is 13.7 Å². The van der Waals surface area contributed by atoms with Crippen LogP contribution in [-0.4, -0.2) is 38.5 Å². The second-order valence-electron chi connectivity index (χ2n) is 3.80. The van der Waals surface area contributed by atoms with Crippen LogP contribution in [0.2, 0.25) is 0 Å². The highest BCUT2D eigenvalue weighted by Crippen LogP contribution is 2.21. The molecule has 0 N–H and O–H groups in total. The summed E-state index contributed by atoms with van der Waals surface area (Å²) >= 11 is 3.01. The normalized spacial score (nSPS) is 12.3. The van der Waals surface area contributed by atoms with Crippen molar-refractivity contribution in [1.82, 2.24) is 20.2 Å². The van der Waals surface area contributed by atoms with Gasteiger partial charge in [-0.05, 0) is 28.8 Å². The van der Waals surface area contributed by atoms with E-state index in [1.165, 1.54) is 23.7 Å². The third-order valence-electron chi connectivity index (χ3n) is 2.46. The van der Waals surface area contributed by atoms with Crippen LogP contribution >= 0.6 is 23.1 Å². The van der Waals surface area contributed by atoms with Gasteiger partial charge in [0.2, 0.25) is 5.16 Å². The fourth-order valence-electron chi connectivity index (χ4n) is 1.46. The first-order valence-electron chi connectivity index (χ1n) is 5.73. The second-order valence-corrected chi connectivity index (χ2v) is 6.14. The standard InChI is InChI=1S/C11H14N4O2S2/c1-8(10(16)17-2)19-11-12-13-14-15(11)6-5-9-4-3-7-18-9/h3-4,7-8H,5-6H2,1-2H3/t8-/m1/s1. The summed E-state index contributed by atoms with van der Waals surface area (Å²) in [5.41, 5.74) is 0. The minimum Gasteiger partial charge on any atom is -0.468 e. The molecule has 0 aromatic carbocycles. The number of hydrogen-bond acceptors (Lipinski definition) is 7. The molecule has 2 aromatic heterocycles. The lowest BCUT2D eigenvalue weighted by Crippen LogP contribution is -2.16. The molecule has 102 valence electrons. The molecule has 8 heteroatoms. The molecule has 0 bridgehead atoms. The maximum absolute atomic E-state index is 11.4. The van der Waals surface area contributed by atoms with Crippen molar-refractivity contribution in [3.63, 3.8) is 0 Å². The number of aromatic nitrogens is 4. The van der Waals surface area contributed by atoms with Gasteiger partial charge in [-0.3, -0.25) is 4.79 Å². The molecule has 0 aliphatic heterocycles. The van der Waals surface area contributed by atoms with Crippen molar-refractivity contribution in [2.75, 3.05) is 7.11 Å². The van der Waals surface area contributed by atoms with Crippen molar-refractivity contribution in [3.8, 4) is 0 Å². The van der Waals surface area contributed by atoms with E-state index >= 15 is 0 Å². The van der Waals surface area contributed by atoms with E-state index < -0.39 is 0 Å². The number of thioether (sulfide) groups is 1. The third kappa shape index (κ3) is 3.77. The molecule has 19 heavy (non-hydrogen) atoms. The van der Waals surface area contributed by atoms with Crippen LogP contribution in [0.5, 0.6) is 0 Å². The van der Waals surface area contributed by atoms with Crippen LogP contribution in [0, 0.1) is 0 Å². The molecule has 0 saturated carbocycles. The maximum atomic E-state index is 11.4. The maximum Gasteiger partial charge on any atom is 0.318 e. The molecule has 6 nitrogen and oxygen atoms in total. The minimum absolute atomic E-state index is 0.280. The predicted octanol–water partition coefficient (Wildman–Crippen LogP) is 1.63. The van der Waals surface area contributed by atoms with Gasteiger partial charge in [-0.15, -0.1) is 16.4 Å². The van der Waals surface area contributed by atoms with Gasteiger partial charge in [-0.25, -0.2) is 4.68 Å². The van der Waals surface area contributed by atoms with Crippen LogP contribution in [0.3, 0.4) is 0 Å². The summed E-state index contributed by atoms with van der Waals surface area (Å²) in [6.45, 7) is 2.47. The Hall–Kier alpha value is -1.41. The van der Waals surface area contributed by atoms with Crippen LogP contribution in [-0.2, 0) is 22.5 Å². The molecule has 2 aromatic rings. The molecule has 0 amide bonds. The molecule has 0 unspecified atom stereocenters. The van der Waals surface area contributed by atoms with Crippen molar-refractivity contribution >= 4 is 29.1 Å². The Balaban J connectivity index is 1.95. The monoisotopic (exact) mass is 298 g/mol. The summed E-state index contributed by atoms with van der Waals surface area (Å²) in [6, 6.07) is 4.10. The highest BCUT2D eigenvalue weighted by Gasteiger charge is 2.18. The molecule has 0 spiro atoms. The highest BCUT2D eigenvalue weighted by molar-refractivity contribution is 8.00. The zero-order valence-electron chi connectivity index (χ0n) is 10.6. The van der Waals surface area contributed by atoms with Gasteiger partial charge in [-0.1, -0.05) is 17.8 Å². The Kier molecular flexibility index (Phi) is 4.92. The number of rotatable bonds is 6. The summed E-state index contributed by atoms with van der Waals surface area (Å²) in [5, 5.41) is 13.9. The van der Waals surface area contributed by atoms with Gasteiger partial charge in [0.25, 0.3) is 0 Å². The van der Waals surface area contributed by atoms with E-state index in [0.29, 0.717) is 11.7 Å². The zero-order valence-corrected chi connectivity index (χ0v) is 12.3. The molecule has 2 heterocycles. The molecule has 0 aliphatic rings. The Bertz CT molecular complexity index is 527. The SMILES string of the molecule is COC(=O)[C@@H](C)Sc1nnnn1CCc1cccs1. The van der Waals surface area contributed by atoms with Crippen molar-refractivity contribution in [2.24, 2.45) is 0 Å². The Morgan fingerprint density at radius 1 is 1.63 bits per heavy atom. The summed E-state index contributed by atoms with van der Waals surface area (Å²) in [7, 11) is 1.37. The summed E-state index contributed by atoms with van der Waals surface area (Å²) < 4.78 is 6.40. The molecule has 0 saturated heterocycles. The molecular weight excluding hydrogens is 284 g/mol. The fourth-order valence-corrected chi connectivity index (χ4v) is 3.00.